The molecular formula is C22H36O3. The van der Waals surface area contributed by atoms with Crippen LogP contribution in [0.4, 0.5) is 0 Å². The second-order valence-corrected chi connectivity index (χ2v) is 7.02. The van der Waals surface area contributed by atoms with E-state index in [2.05, 4.69) is 6.92 Å². The van der Waals surface area contributed by atoms with Gasteiger partial charge in [0.15, 0.2) is 0 Å². The molecule has 0 aromatic heterocycles. The van der Waals surface area contributed by atoms with Gasteiger partial charge >= 0.3 is 0 Å². The number of ether oxygens (including phenoxy) is 1. The highest BCUT2D eigenvalue weighted by Crippen LogP contribution is 2.25. The number of hydrogen-bond donors (Lipinski definition) is 1. The minimum atomic E-state index is 0.140. The van der Waals surface area contributed by atoms with Gasteiger partial charge in [-0.25, -0.2) is 0 Å². The first-order valence-corrected chi connectivity index (χ1v) is 10.1. The fourth-order valence-corrected chi connectivity index (χ4v) is 2.94. The lowest BCUT2D eigenvalue weighted by atomic mass is 10.1. The van der Waals surface area contributed by atoms with Crippen molar-refractivity contribution in [2.45, 2.75) is 90.9 Å². The van der Waals surface area contributed by atoms with Crippen LogP contribution in [0.15, 0.2) is 18.2 Å². The predicted octanol–water partition coefficient (Wildman–Crippen LogP) is 6.21. The molecule has 3 nitrogen and oxygen atoms in total. The van der Waals surface area contributed by atoms with E-state index in [1.54, 1.807) is 13.0 Å². The summed E-state index contributed by atoms with van der Waals surface area (Å²) >= 11 is 0. The van der Waals surface area contributed by atoms with Gasteiger partial charge in [-0.1, -0.05) is 70.8 Å². The van der Waals surface area contributed by atoms with E-state index in [4.69, 9.17) is 4.74 Å². The molecule has 1 rings (SSSR count). The van der Waals surface area contributed by atoms with Crippen molar-refractivity contribution in [1.82, 2.24) is 0 Å². The third kappa shape index (κ3) is 10.9. The van der Waals surface area contributed by atoms with Crippen LogP contribution in [-0.4, -0.2) is 17.5 Å². The second-order valence-electron chi connectivity index (χ2n) is 7.02. The third-order valence-corrected chi connectivity index (χ3v) is 4.57. The van der Waals surface area contributed by atoms with Crippen LogP contribution in [0.3, 0.4) is 0 Å². The van der Waals surface area contributed by atoms with Gasteiger partial charge in [0.05, 0.1) is 6.61 Å². The average molecular weight is 349 g/mol. The van der Waals surface area contributed by atoms with E-state index < -0.39 is 0 Å². The van der Waals surface area contributed by atoms with Crippen LogP contribution >= 0.6 is 0 Å². The van der Waals surface area contributed by atoms with Crippen molar-refractivity contribution in [3.8, 4) is 11.5 Å². The van der Waals surface area contributed by atoms with Crippen molar-refractivity contribution in [1.29, 1.82) is 0 Å². The number of carbonyl (C=O) groups excluding carboxylic acids is 1. The Morgan fingerprint density at radius 3 is 2.12 bits per heavy atom. The summed E-state index contributed by atoms with van der Waals surface area (Å²) in [6, 6.07) is 5.39. The molecule has 0 radical (unpaired) electrons. The van der Waals surface area contributed by atoms with Gasteiger partial charge in [-0.05, 0) is 31.4 Å². The van der Waals surface area contributed by atoms with E-state index in [9.17, 15) is 9.90 Å². The van der Waals surface area contributed by atoms with Crippen LogP contribution < -0.4 is 4.74 Å². The Kier molecular flexibility index (Phi) is 11.8. The molecule has 25 heavy (non-hydrogen) atoms. The SMILES string of the molecule is CCCCCCCCCCCCOc1ccc(CCC(C)=O)c(O)c1. The minimum Gasteiger partial charge on any atom is -0.508 e. The highest BCUT2D eigenvalue weighted by molar-refractivity contribution is 5.75. The maximum atomic E-state index is 11.0. The number of Topliss-reactive ketones (excluding diaryl/α,β-unsaturated/α-hetero) is 1. The zero-order valence-electron chi connectivity index (χ0n) is 16.2. The molecule has 0 saturated heterocycles. The summed E-state index contributed by atoms with van der Waals surface area (Å²) in [5.74, 6) is 1.07. The number of hydrogen-bond acceptors (Lipinski definition) is 3. The molecule has 0 bridgehead atoms. The maximum Gasteiger partial charge on any atom is 0.130 e. The van der Waals surface area contributed by atoms with Gasteiger partial charge in [-0.15, -0.1) is 0 Å². The zero-order valence-corrected chi connectivity index (χ0v) is 16.2. The summed E-state index contributed by atoms with van der Waals surface area (Å²) in [5, 5.41) is 9.99. The number of aryl methyl sites for hydroxylation is 1. The average Bonchev–Trinajstić information content (AvgIpc) is 2.58. The molecule has 0 atom stereocenters. The number of ketones is 1. The molecule has 1 N–H and O–H groups in total. The molecule has 0 fully saturated rings. The van der Waals surface area contributed by atoms with Gasteiger partial charge < -0.3 is 14.6 Å². The largest absolute Gasteiger partial charge is 0.508 e. The Morgan fingerprint density at radius 2 is 1.56 bits per heavy atom. The molecule has 1 aromatic carbocycles. The number of phenolic OH excluding ortho intramolecular Hbond substituents is 1. The first-order chi connectivity index (χ1) is 12.1. The molecule has 0 spiro atoms. The molecule has 0 aliphatic heterocycles. The summed E-state index contributed by atoms with van der Waals surface area (Å²) < 4.78 is 5.71. The molecule has 0 saturated carbocycles. The lowest BCUT2D eigenvalue weighted by molar-refractivity contribution is -0.116. The highest BCUT2D eigenvalue weighted by atomic mass is 16.5. The molecule has 0 aliphatic rings. The Labute approximate surface area is 153 Å². The summed E-state index contributed by atoms with van der Waals surface area (Å²) in [7, 11) is 0. The van der Waals surface area contributed by atoms with E-state index in [1.807, 2.05) is 12.1 Å². The number of unbranched alkanes of at least 4 members (excludes halogenated alkanes) is 9. The topological polar surface area (TPSA) is 46.5 Å². The van der Waals surface area contributed by atoms with Crippen molar-refractivity contribution >= 4 is 5.78 Å². The zero-order chi connectivity index (χ0) is 18.3. The number of rotatable bonds is 15. The van der Waals surface area contributed by atoms with Crippen molar-refractivity contribution in [2.75, 3.05) is 6.61 Å². The summed E-state index contributed by atoms with van der Waals surface area (Å²) in [5.41, 5.74) is 0.807. The lowest BCUT2D eigenvalue weighted by Crippen LogP contribution is -1.98. The van der Waals surface area contributed by atoms with Crippen LogP contribution in [-0.2, 0) is 11.2 Å². The van der Waals surface area contributed by atoms with Crippen LogP contribution in [0, 0.1) is 0 Å². The molecule has 0 amide bonds. The van der Waals surface area contributed by atoms with Gasteiger partial charge in [0, 0.05) is 12.5 Å². The van der Waals surface area contributed by atoms with E-state index in [0.717, 1.165) is 12.0 Å². The van der Waals surface area contributed by atoms with Gasteiger partial charge in [0.25, 0.3) is 0 Å². The van der Waals surface area contributed by atoms with E-state index in [0.29, 0.717) is 25.2 Å². The smallest absolute Gasteiger partial charge is 0.130 e. The standard InChI is InChI=1S/C22H36O3/c1-3-4-5-6-7-8-9-10-11-12-17-25-21-16-15-20(22(24)18-21)14-13-19(2)23/h15-16,18,24H,3-14,17H2,1-2H3. The molecular weight excluding hydrogens is 312 g/mol. The first-order valence-electron chi connectivity index (χ1n) is 10.1. The molecule has 0 heterocycles. The van der Waals surface area contributed by atoms with Crippen molar-refractivity contribution in [2.24, 2.45) is 0 Å². The highest BCUT2D eigenvalue weighted by Gasteiger charge is 2.05. The van der Waals surface area contributed by atoms with Gasteiger partial charge in [-0.2, -0.15) is 0 Å². The summed E-state index contributed by atoms with van der Waals surface area (Å²) in [6.45, 7) is 4.52. The number of phenols is 1. The fourth-order valence-electron chi connectivity index (χ4n) is 2.94. The second kappa shape index (κ2) is 13.7. The van der Waals surface area contributed by atoms with E-state index in [-0.39, 0.29) is 11.5 Å². The molecule has 142 valence electrons. The van der Waals surface area contributed by atoms with Crippen molar-refractivity contribution in [3.05, 3.63) is 23.8 Å². The number of benzene rings is 1. The van der Waals surface area contributed by atoms with Gasteiger partial charge in [0.1, 0.15) is 17.3 Å². The van der Waals surface area contributed by atoms with Crippen LogP contribution in [0.5, 0.6) is 11.5 Å². The Balaban J connectivity index is 2.06. The first kappa shape index (κ1) is 21.5. The van der Waals surface area contributed by atoms with E-state index >= 15 is 0 Å². The van der Waals surface area contributed by atoms with Crippen molar-refractivity contribution in [3.63, 3.8) is 0 Å². The summed E-state index contributed by atoms with van der Waals surface area (Å²) in [4.78, 5) is 11.0. The Hall–Kier alpha value is -1.51. The number of aromatic hydroxyl groups is 1. The fraction of sp³-hybridized carbons (Fsp3) is 0.682. The summed E-state index contributed by atoms with van der Waals surface area (Å²) in [6.07, 6.45) is 14.2. The van der Waals surface area contributed by atoms with Crippen LogP contribution in [0.25, 0.3) is 0 Å². The van der Waals surface area contributed by atoms with Crippen LogP contribution in [0.1, 0.15) is 90.0 Å². The predicted molar refractivity (Wildman–Crippen MR) is 104 cm³/mol. The lowest BCUT2D eigenvalue weighted by Gasteiger charge is -2.09. The number of carbonyl (C=O) groups is 1. The normalized spacial score (nSPS) is 10.8. The van der Waals surface area contributed by atoms with Gasteiger partial charge in [-0.3, -0.25) is 0 Å². The van der Waals surface area contributed by atoms with Gasteiger partial charge in [0.2, 0.25) is 0 Å². The Bertz CT molecular complexity index is 482. The van der Waals surface area contributed by atoms with E-state index in [1.165, 1.54) is 57.8 Å². The Morgan fingerprint density at radius 1 is 0.960 bits per heavy atom. The molecule has 3 heteroatoms. The maximum absolute atomic E-state index is 11.0. The van der Waals surface area contributed by atoms with Crippen molar-refractivity contribution < 1.29 is 14.6 Å². The molecule has 0 unspecified atom stereocenters. The third-order valence-electron chi connectivity index (χ3n) is 4.57. The molecule has 1 aromatic rings. The monoisotopic (exact) mass is 348 g/mol. The quantitative estimate of drug-likeness (QED) is 0.383. The van der Waals surface area contributed by atoms with Crippen LogP contribution in [0.2, 0.25) is 0 Å². The minimum absolute atomic E-state index is 0.140. The molecule has 0 aliphatic carbocycles.